The van der Waals surface area contributed by atoms with Crippen LogP contribution in [0.3, 0.4) is 0 Å². The van der Waals surface area contributed by atoms with E-state index in [1.165, 1.54) is 14.2 Å². The second-order valence-electron chi connectivity index (χ2n) is 5.18. The van der Waals surface area contributed by atoms with Crippen molar-refractivity contribution in [2.75, 3.05) is 19.5 Å². The third-order valence-electron chi connectivity index (χ3n) is 3.31. The van der Waals surface area contributed by atoms with Gasteiger partial charge >= 0.3 is 11.8 Å². The topological polar surface area (TPSA) is 76.7 Å². The zero-order valence-corrected chi connectivity index (χ0v) is 14.6. The Morgan fingerprint density at radius 3 is 2.50 bits per heavy atom. The largest absolute Gasteiger partial charge is 0.493 e. The molecule has 1 atom stereocenters. The second kappa shape index (κ2) is 8.35. The number of anilines is 1. The number of thiophene rings is 1. The quantitative estimate of drug-likeness (QED) is 0.786. The minimum atomic E-state index is -0.722. The molecule has 0 radical (unpaired) electrons. The van der Waals surface area contributed by atoms with Gasteiger partial charge in [-0.1, -0.05) is 6.07 Å². The van der Waals surface area contributed by atoms with Crippen LogP contribution in [0.15, 0.2) is 35.7 Å². The molecule has 1 aromatic heterocycles. The summed E-state index contributed by atoms with van der Waals surface area (Å²) in [5.41, 5.74) is 0.457. The molecular formula is C17H20N2O4S. The zero-order valence-electron chi connectivity index (χ0n) is 13.8. The molecule has 0 unspecified atom stereocenters. The molecule has 0 saturated heterocycles. The number of carbonyl (C=O) groups is 2. The van der Waals surface area contributed by atoms with Crippen LogP contribution in [0.1, 0.15) is 11.8 Å². The maximum atomic E-state index is 12.0. The molecule has 6 nitrogen and oxygen atoms in total. The van der Waals surface area contributed by atoms with Crippen molar-refractivity contribution in [3.8, 4) is 11.5 Å². The van der Waals surface area contributed by atoms with Gasteiger partial charge in [-0.3, -0.25) is 9.59 Å². The Hall–Kier alpha value is -2.54. The second-order valence-corrected chi connectivity index (χ2v) is 6.21. The summed E-state index contributed by atoms with van der Waals surface area (Å²) in [7, 11) is 3.03. The molecule has 1 heterocycles. The van der Waals surface area contributed by atoms with Gasteiger partial charge < -0.3 is 20.1 Å². The van der Waals surface area contributed by atoms with E-state index >= 15 is 0 Å². The fourth-order valence-electron chi connectivity index (χ4n) is 2.17. The van der Waals surface area contributed by atoms with Crippen molar-refractivity contribution in [3.63, 3.8) is 0 Å². The van der Waals surface area contributed by atoms with Crippen LogP contribution in [0.4, 0.5) is 5.69 Å². The molecule has 0 fully saturated rings. The Labute approximate surface area is 144 Å². The summed E-state index contributed by atoms with van der Waals surface area (Å²) < 4.78 is 10.3. The summed E-state index contributed by atoms with van der Waals surface area (Å²) in [4.78, 5) is 25.2. The van der Waals surface area contributed by atoms with Crippen molar-refractivity contribution in [1.82, 2.24) is 5.32 Å². The summed E-state index contributed by atoms with van der Waals surface area (Å²) >= 11 is 1.62. The van der Waals surface area contributed by atoms with Gasteiger partial charge in [-0.25, -0.2) is 0 Å². The number of hydrogen-bond donors (Lipinski definition) is 2. The van der Waals surface area contributed by atoms with E-state index in [-0.39, 0.29) is 6.04 Å². The number of carbonyl (C=O) groups excluding carboxylic acids is 2. The number of ether oxygens (including phenoxy) is 2. The van der Waals surface area contributed by atoms with Crippen LogP contribution >= 0.6 is 11.3 Å². The highest BCUT2D eigenvalue weighted by molar-refractivity contribution is 7.09. The number of nitrogens with one attached hydrogen (secondary N) is 2. The monoisotopic (exact) mass is 348 g/mol. The van der Waals surface area contributed by atoms with Gasteiger partial charge in [0.25, 0.3) is 0 Å². The Bertz CT molecular complexity index is 701. The van der Waals surface area contributed by atoms with Crippen LogP contribution < -0.4 is 20.1 Å². The average molecular weight is 348 g/mol. The third-order valence-corrected chi connectivity index (χ3v) is 4.21. The van der Waals surface area contributed by atoms with E-state index in [1.54, 1.807) is 29.5 Å². The Balaban J connectivity index is 1.92. The van der Waals surface area contributed by atoms with E-state index in [1.807, 2.05) is 24.4 Å². The lowest BCUT2D eigenvalue weighted by atomic mass is 10.2. The molecule has 2 amide bonds. The Morgan fingerprint density at radius 2 is 1.88 bits per heavy atom. The number of hydrogen-bond acceptors (Lipinski definition) is 5. The van der Waals surface area contributed by atoms with Crippen molar-refractivity contribution in [2.24, 2.45) is 0 Å². The van der Waals surface area contributed by atoms with Crippen LogP contribution in [0.25, 0.3) is 0 Å². The molecule has 0 saturated carbocycles. The number of methoxy groups -OCH3 is 2. The van der Waals surface area contributed by atoms with E-state index in [0.717, 1.165) is 4.88 Å². The van der Waals surface area contributed by atoms with Crippen molar-refractivity contribution in [3.05, 3.63) is 40.6 Å². The molecule has 0 aliphatic carbocycles. The molecule has 2 rings (SSSR count). The fraction of sp³-hybridized carbons (Fsp3) is 0.294. The van der Waals surface area contributed by atoms with Gasteiger partial charge in [0.15, 0.2) is 11.5 Å². The highest BCUT2D eigenvalue weighted by atomic mass is 32.1. The summed E-state index contributed by atoms with van der Waals surface area (Å²) in [6, 6.07) is 8.72. The molecule has 128 valence electrons. The molecule has 2 aromatic rings. The molecule has 0 aliphatic heterocycles. The van der Waals surface area contributed by atoms with Crippen molar-refractivity contribution in [2.45, 2.75) is 19.4 Å². The van der Waals surface area contributed by atoms with Gasteiger partial charge in [-0.05, 0) is 30.5 Å². The molecule has 7 heteroatoms. The SMILES string of the molecule is COc1ccc(NC(=O)C(=O)N[C@H](C)Cc2cccs2)cc1OC. The Kier molecular flexibility index (Phi) is 6.20. The molecule has 24 heavy (non-hydrogen) atoms. The van der Waals surface area contributed by atoms with Crippen LogP contribution in [0.2, 0.25) is 0 Å². The number of amides is 2. The first kappa shape index (κ1) is 17.8. The predicted molar refractivity (Wildman–Crippen MR) is 93.8 cm³/mol. The first-order valence-electron chi connectivity index (χ1n) is 7.39. The normalized spacial score (nSPS) is 11.5. The van der Waals surface area contributed by atoms with Crippen LogP contribution in [0.5, 0.6) is 11.5 Å². The standard InChI is InChI=1S/C17H20N2O4S/c1-11(9-13-5-4-8-24-13)18-16(20)17(21)19-12-6-7-14(22-2)15(10-12)23-3/h4-8,10-11H,9H2,1-3H3,(H,18,20)(H,19,21)/t11-/m1/s1. The molecule has 2 N–H and O–H groups in total. The van der Waals surface area contributed by atoms with Crippen LogP contribution in [-0.2, 0) is 16.0 Å². The van der Waals surface area contributed by atoms with E-state index in [4.69, 9.17) is 9.47 Å². The van der Waals surface area contributed by atoms with Crippen molar-refractivity contribution in [1.29, 1.82) is 0 Å². The lowest BCUT2D eigenvalue weighted by molar-refractivity contribution is -0.136. The van der Waals surface area contributed by atoms with Crippen molar-refractivity contribution < 1.29 is 19.1 Å². The van der Waals surface area contributed by atoms with Gasteiger partial charge in [0.05, 0.1) is 14.2 Å². The van der Waals surface area contributed by atoms with E-state index in [9.17, 15) is 9.59 Å². The van der Waals surface area contributed by atoms with Gasteiger partial charge in [0.1, 0.15) is 0 Å². The molecule has 0 bridgehead atoms. The minimum Gasteiger partial charge on any atom is -0.493 e. The number of benzene rings is 1. The van der Waals surface area contributed by atoms with Gasteiger partial charge in [0.2, 0.25) is 0 Å². The highest BCUT2D eigenvalue weighted by Crippen LogP contribution is 2.29. The lowest BCUT2D eigenvalue weighted by Gasteiger charge is -2.13. The fourth-order valence-corrected chi connectivity index (χ4v) is 3.01. The molecule has 0 aliphatic rings. The molecule has 1 aromatic carbocycles. The van der Waals surface area contributed by atoms with Gasteiger partial charge in [-0.2, -0.15) is 0 Å². The number of rotatable bonds is 6. The summed E-state index contributed by atoms with van der Waals surface area (Å²) in [6.07, 6.45) is 0.688. The average Bonchev–Trinajstić information content (AvgIpc) is 3.07. The first-order chi connectivity index (χ1) is 11.5. The highest BCUT2D eigenvalue weighted by Gasteiger charge is 2.17. The maximum Gasteiger partial charge on any atom is 0.313 e. The van der Waals surface area contributed by atoms with Crippen molar-refractivity contribution >= 4 is 28.8 Å². The van der Waals surface area contributed by atoms with E-state index in [2.05, 4.69) is 10.6 Å². The summed E-state index contributed by atoms with van der Waals surface area (Å²) in [5, 5.41) is 7.22. The molecular weight excluding hydrogens is 328 g/mol. The smallest absolute Gasteiger partial charge is 0.313 e. The first-order valence-corrected chi connectivity index (χ1v) is 8.27. The third kappa shape index (κ3) is 4.73. The maximum absolute atomic E-state index is 12.0. The zero-order chi connectivity index (χ0) is 17.5. The van der Waals surface area contributed by atoms with E-state index < -0.39 is 11.8 Å². The summed E-state index contributed by atoms with van der Waals surface area (Å²) in [5.74, 6) is -0.375. The van der Waals surface area contributed by atoms with Crippen LogP contribution in [0, 0.1) is 0 Å². The van der Waals surface area contributed by atoms with Gasteiger partial charge in [0, 0.05) is 29.1 Å². The molecule has 0 spiro atoms. The predicted octanol–water partition coefficient (Wildman–Crippen LogP) is 2.45. The Morgan fingerprint density at radius 1 is 1.12 bits per heavy atom. The van der Waals surface area contributed by atoms with E-state index in [0.29, 0.717) is 23.6 Å². The minimum absolute atomic E-state index is 0.132. The van der Waals surface area contributed by atoms with Crippen LogP contribution in [-0.4, -0.2) is 32.1 Å². The van der Waals surface area contributed by atoms with Gasteiger partial charge in [-0.15, -0.1) is 11.3 Å². The summed E-state index contributed by atoms with van der Waals surface area (Å²) in [6.45, 7) is 1.86. The lowest BCUT2D eigenvalue weighted by Crippen LogP contribution is -2.41.